The van der Waals surface area contributed by atoms with E-state index >= 15 is 0 Å². The summed E-state index contributed by atoms with van der Waals surface area (Å²) in [6.45, 7) is 19.9. The van der Waals surface area contributed by atoms with Gasteiger partial charge in [-0.25, -0.2) is 4.31 Å². The Labute approximate surface area is 439 Å². The molecule has 0 spiro atoms. The van der Waals surface area contributed by atoms with Gasteiger partial charge in [-0.2, -0.15) is 0 Å². The first-order valence-electron chi connectivity index (χ1n) is 25.0. The number of ether oxygens (including phenoxy) is 6. The molecular weight excluding hydrogens is 979 g/mol. The van der Waals surface area contributed by atoms with Crippen molar-refractivity contribution in [3.8, 4) is 5.75 Å². The van der Waals surface area contributed by atoms with Crippen LogP contribution in [0.25, 0.3) is 0 Å². The Morgan fingerprint density at radius 3 is 1.96 bits per heavy atom. The highest BCUT2D eigenvalue weighted by Gasteiger charge is 2.37. The molecule has 416 valence electrons. The first-order valence-corrected chi connectivity index (χ1v) is 26.1. The van der Waals surface area contributed by atoms with E-state index < -0.39 is 88.7 Å². The highest BCUT2D eigenvalue weighted by atomic mass is 32.2. The molecule has 0 fully saturated rings. The number of hydrogen-bond acceptors (Lipinski definition) is 15. The number of anilines is 1. The maximum atomic E-state index is 14.2. The van der Waals surface area contributed by atoms with Gasteiger partial charge in [-0.3, -0.25) is 33.2 Å². The van der Waals surface area contributed by atoms with Crippen molar-refractivity contribution in [2.75, 3.05) is 83.9 Å². The van der Waals surface area contributed by atoms with Gasteiger partial charge in [0, 0.05) is 38.5 Å². The highest BCUT2D eigenvalue weighted by molar-refractivity contribution is 7.81. The number of nitrogens with two attached hydrogens (primary N) is 2. The van der Waals surface area contributed by atoms with E-state index in [0.717, 1.165) is 26.7 Å². The van der Waals surface area contributed by atoms with Crippen molar-refractivity contribution < 1.29 is 61.2 Å². The van der Waals surface area contributed by atoms with Gasteiger partial charge in [-0.15, -0.1) is 0 Å². The van der Waals surface area contributed by atoms with Crippen LogP contribution in [0, 0.1) is 26.7 Å². The maximum Gasteiger partial charge on any atom is 0.246 e. The van der Waals surface area contributed by atoms with Crippen molar-refractivity contribution in [1.82, 2.24) is 26.6 Å². The summed E-state index contributed by atoms with van der Waals surface area (Å²) in [5.74, 6) is -3.37. The van der Waals surface area contributed by atoms with E-state index in [9.17, 15) is 32.7 Å². The Kier molecular flexibility index (Phi) is 26.4. The van der Waals surface area contributed by atoms with Crippen molar-refractivity contribution in [3.05, 3.63) is 58.1 Å². The predicted octanol–water partition coefficient (Wildman–Crippen LogP) is 1.44. The van der Waals surface area contributed by atoms with Gasteiger partial charge in [0.2, 0.25) is 35.5 Å². The Hall–Kier alpha value is -5.27. The fourth-order valence-electron chi connectivity index (χ4n) is 7.87. The molecule has 1 aliphatic heterocycles. The minimum atomic E-state index is -2.87. The van der Waals surface area contributed by atoms with Crippen LogP contribution in [0.15, 0.2) is 35.3 Å². The van der Waals surface area contributed by atoms with E-state index in [1.54, 1.807) is 41.5 Å². The van der Waals surface area contributed by atoms with E-state index in [4.69, 9.17) is 39.9 Å². The topological polar surface area (TPSA) is 309 Å². The molecule has 0 bridgehead atoms. The lowest BCUT2D eigenvalue weighted by Crippen LogP contribution is -2.60. The number of aliphatic imine (C=N–C) groups is 1. The molecule has 5 atom stereocenters. The monoisotopic (exact) mass is 1060 g/mol. The van der Waals surface area contributed by atoms with Crippen LogP contribution in [0.1, 0.15) is 89.1 Å². The van der Waals surface area contributed by atoms with E-state index in [1.807, 2.05) is 58.0 Å². The molecule has 74 heavy (non-hydrogen) atoms. The summed E-state index contributed by atoms with van der Waals surface area (Å²) >= 11 is -2.87. The fraction of sp³-hybridized carbons (Fsp3) is 0.647. The summed E-state index contributed by atoms with van der Waals surface area (Å²) in [5, 5.41) is 13.5. The van der Waals surface area contributed by atoms with Crippen LogP contribution < -0.4 is 47.1 Å². The molecule has 1 aliphatic rings. The largest absolute Gasteiger partial charge is 0.755 e. The first kappa shape index (κ1) is 63.0. The second-order valence-electron chi connectivity index (χ2n) is 19.8. The van der Waals surface area contributed by atoms with Crippen LogP contribution in [0.2, 0.25) is 0 Å². The summed E-state index contributed by atoms with van der Waals surface area (Å²) in [6, 6.07) is 4.35. The van der Waals surface area contributed by atoms with Gasteiger partial charge in [0.15, 0.2) is 0 Å². The highest BCUT2D eigenvalue weighted by Crippen LogP contribution is 2.45. The number of nitrogens with zero attached hydrogens (tertiary/aromatic N) is 2. The molecule has 9 N–H and O–H groups in total. The average Bonchev–Trinajstić information content (AvgIpc) is 3.68. The summed E-state index contributed by atoms with van der Waals surface area (Å²) in [7, 11) is 1.45. The number of nitrogens with one attached hydrogen (secondary N) is 5. The lowest BCUT2D eigenvalue weighted by Gasteiger charge is -2.30. The fourth-order valence-corrected chi connectivity index (χ4v) is 8.50. The Morgan fingerprint density at radius 2 is 1.39 bits per heavy atom. The van der Waals surface area contributed by atoms with Gasteiger partial charge in [-0.05, 0) is 96.4 Å². The van der Waals surface area contributed by atoms with E-state index in [2.05, 4.69) is 31.6 Å². The van der Waals surface area contributed by atoms with Gasteiger partial charge in [0.05, 0.1) is 75.4 Å². The molecule has 0 saturated heterocycles. The smallest absolute Gasteiger partial charge is 0.246 e. The number of amides is 5. The zero-order valence-electron chi connectivity index (χ0n) is 45.1. The van der Waals surface area contributed by atoms with Crippen molar-refractivity contribution in [2.24, 2.45) is 22.4 Å². The average molecular weight is 1060 g/mol. The zero-order valence-corrected chi connectivity index (χ0v) is 46.0. The number of benzene rings is 2. The number of fused-ring (bicyclic) bond motifs is 1. The molecule has 5 amide bonds. The number of hydrogen-bond donors (Lipinski definition) is 7. The SMILES string of the molecule is CNC(=O)[C@H](Cc1ccccc1)NC(=O)[C@H](COC(C)(C)C)NC(=O)[C@@H](NC(=O)[C@H](CCCN=C(N)N(c1c(C)c(C)c2c(c1C)CC(C)(C)O2)S(=O)[O-])NC(=O)COCCOCCOCCOCCN)C(C)C. The Balaban J connectivity index is 1.81. The van der Waals surface area contributed by atoms with Crippen LogP contribution in [-0.4, -0.2) is 159 Å². The third-order valence-corrected chi connectivity index (χ3v) is 12.5. The molecular formula is C51H82N9O13S-. The summed E-state index contributed by atoms with van der Waals surface area (Å²) in [5.41, 5.74) is 14.8. The molecule has 3 rings (SSSR count). The second kappa shape index (κ2) is 30.9. The van der Waals surface area contributed by atoms with Crippen LogP contribution in [0.4, 0.5) is 5.69 Å². The zero-order chi connectivity index (χ0) is 55.2. The van der Waals surface area contributed by atoms with Crippen molar-refractivity contribution in [3.63, 3.8) is 0 Å². The van der Waals surface area contributed by atoms with Crippen LogP contribution >= 0.6 is 0 Å². The Morgan fingerprint density at radius 1 is 0.811 bits per heavy atom. The second-order valence-corrected chi connectivity index (χ2v) is 20.6. The van der Waals surface area contributed by atoms with Crippen LogP contribution in [0.3, 0.4) is 0 Å². The third kappa shape index (κ3) is 20.8. The lowest BCUT2D eigenvalue weighted by molar-refractivity contribution is -0.137. The summed E-state index contributed by atoms with van der Waals surface area (Å²) in [4.78, 5) is 73.0. The maximum absolute atomic E-state index is 14.2. The van der Waals surface area contributed by atoms with Crippen LogP contribution in [-0.2, 0) is 71.8 Å². The number of rotatable bonds is 32. The standard InChI is InChI=1S/C51H83N9O13S/c1-32(2)42(48(65)58-40(30-72-50(6,7)8)47(64)57-39(45(62)54-11)28-36-16-13-12-14-17-36)59-46(63)38(56-41(61)31-71-27-26-70-25-24-69-23-22-68-21-19-52)18-15-20-55-49(53)60(74(66)67)43-33(3)34(4)44-37(35(43)5)29-51(9,10)73-44/h12-14,16-17,32,38-40,42H,15,18-31,52H2,1-11H3,(H2,53,55)(H,54,62)(H,56,61)(H,57,64)(H,58,65)(H,59,63)(H,66,67)/p-1/t38-,39-,40-,42-/m0/s1. The molecule has 2 aromatic carbocycles. The van der Waals surface area contributed by atoms with E-state index in [-0.39, 0.29) is 58.2 Å². The minimum absolute atomic E-state index is 0.0309. The number of guanidine groups is 1. The van der Waals surface area contributed by atoms with E-state index in [0.29, 0.717) is 56.2 Å². The molecule has 1 unspecified atom stereocenters. The predicted molar refractivity (Wildman–Crippen MR) is 281 cm³/mol. The molecule has 0 saturated carbocycles. The first-order chi connectivity index (χ1) is 34.9. The van der Waals surface area contributed by atoms with Crippen molar-refractivity contribution in [1.29, 1.82) is 0 Å². The normalized spacial score (nSPS) is 15.2. The van der Waals surface area contributed by atoms with Crippen molar-refractivity contribution in [2.45, 2.75) is 130 Å². The van der Waals surface area contributed by atoms with Crippen LogP contribution in [0.5, 0.6) is 5.75 Å². The van der Waals surface area contributed by atoms with Gasteiger partial charge in [0.1, 0.15) is 42.1 Å². The molecule has 0 radical (unpaired) electrons. The third-order valence-electron chi connectivity index (χ3n) is 11.8. The summed E-state index contributed by atoms with van der Waals surface area (Å²) in [6.07, 6.45) is 0.821. The number of carbonyl (C=O) groups is 5. The quantitative estimate of drug-likeness (QED) is 0.0236. The number of likely N-dealkylation sites (N-methyl/N-ethyl adjacent to an activating group) is 1. The lowest BCUT2D eigenvalue weighted by atomic mass is 9.92. The van der Waals surface area contributed by atoms with Crippen molar-refractivity contribution >= 4 is 52.4 Å². The molecule has 22 nitrogen and oxygen atoms in total. The van der Waals surface area contributed by atoms with Gasteiger partial charge < -0.3 is 71.0 Å². The Bertz CT molecular complexity index is 2210. The van der Waals surface area contributed by atoms with E-state index in [1.165, 1.54) is 7.05 Å². The molecule has 2 aromatic rings. The molecule has 0 aromatic heterocycles. The molecule has 1 heterocycles. The van der Waals surface area contributed by atoms with Gasteiger partial charge in [0.25, 0.3) is 0 Å². The minimum Gasteiger partial charge on any atom is -0.755 e. The molecule has 0 aliphatic carbocycles. The summed E-state index contributed by atoms with van der Waals surface area (Å²) < 4.78 is 60.5. The molecule has 23 heteroatoms. The van der Waals surface area contributed by atoms with Gasteiger partial charge >= 0.3 is 0 Å². The van der Waals surface area contributed by atoms with Gasteiger partial charge in [-0.1, -0.05) is 44.2 Å². The number of carbonyl (C=O) groups excluding carboxylic acids is 5.